The topological polar surface area (TPSA) is 47.0 Å². The van der Waals surface area contributed by atoms with Gasteiger partial charge in [0.15, 0.2) is 0 Å². The van der Waals surface area contributed by atoms with E-state index in [0.29, 0.717) is 19.1 Å². The van der Waals surface area contributed by atoms with Crippen molar-refractivity contribution < 1.29 is 4.74 Å². The highest BCUT2D eigenvalue weighted by molar-refractivity contribution is 6.17. The monoisotopic (exact) mass is 201 g/mol. The van der Waals surface area contributed by atoms with Crippen molar-refractivity contribution in [2.45, 2.75) is 0 Å². The third-order valence-electron chi connectivity index (χ3n) is 1.35. The maximum atomic E-state index is 5.43. The van der Waals surface area contributed by atoms with E-state index >= 15 is 0 Å². The fourth-order valence-corrected chi connectivity index (χ4v) is 0.913. The van der Waals surface area contributed by atoms with Gasteiger partial charge in [-0.3, -0.25) is 0 Å². The Morgan fingerprint density at radius 2 is 2.38 bits per heavy atom. The number of hydrogen-bond acceptors (Lipinski definition) is 4. The van der Waals surface area contributed by atoms with Crippen LogP contribution in [0.3, 0.4) is 0 Å². The van der Waals surface area contributed by atoms with Crippen molar-refractivity contribution in [2.24, 2.45) is 0 Å². The van der Waals surface area contributed by atoms with E-state index in [4.69, 9.17) is 16.3 Å². The molecule has 0 fully saturated rings. The molecule has 0 amide bonds. The SMILES string of the molecule is ClCCOCCNc1cccnn1. The van der Waals surface area contributed by atoms with E-state index in [2.05, 4.69) is 15.5 Å². The van der Waals surface area contributed by atoms with Crippen molar-refractivity contribution in [3.8, 4) is 0 Å². The van der Waals surface area contributed by atoms with Gasteiger partial charge in [0, 0.05) is 18.6 Å². The molecule has 0 bridgehead atoms. The molecule has 4 nitrogen and oxygen atoms in total. The predicted octanol–water partition coefficient (Wildman–Crippen LogP) is 1.14. The lowest BCUT2D eigenvalue weighted by atomic mass is 10.5. The largest absolute Gasteiger partial charge is 0.378 e. The number of halogens is 1. The van der Waals surface area contributed by atoms with Gasteiger partial charge in [-0.2, -0.15) is 5.10 Å². The van der Waals surface area contributed by atoms with Gasteiger partial charge in [0.25, 0.3) is 0 Å². The highest BCUT2D eigenvalue weighted by Gasteiger charge is 1.91. The number of anilines is 1. The minimum absolute atomic E-state index is 0.533. The molecule has 1 rings (SSSR count). The average molecular weight is 202 g/mol. The lowest BCUT2D eigenvalue weighted by Gasteiger charge is -2.04. The van der Waals surface area contributed by atoms with Gasteiger partial charge in [-0.15, -0.1) is 16.7 Å². The maximum Gasteiger partial charge on any atom is 0.148 e. The van der Waals surface area contributed by atoms with Gasteiger partial charge < -0.3 is 10.1 Å². The lowest BCUT2D eigenvalue weighted by molar-refractivity contribution is 0.160. The van der Waals surface area contributed by atoms with Crippen molar-refractivity contribution in [3.63, 3.8) is 0 Å². The molecule has 0 saturated carbocycles. The lowest BCUT2D eigenvalue weighted by Crippen LogP contribution is -2.11. The quantitative estimate of drug-likeness (QED) is 0.554. The summed E-state index contributed by atoms with van der Waals surface area (Å²) in [6.07, 6.45) is 1.63. The third kappa shape index (κ3) is 4.65. The van der Waals surface area contributed by atoms with Gasteiger partial charge in [-0.1, -0.05) is 0 Å². The Morgan fingerprint density at radius 1 is 1.46 bits per heavy atom. The minimum atomic E-state index is 0.533. The molecule has 0 spiro atoms. The van der Waals surface area contributed by atoms with Gasteiger partial charge in [-0.25, -0.2) is 0 Å². The number of alkyl halides is 1. The summed E-state index contributed by atoms with van der Waals surface area (Å²) in [4.78, 5) is 0. The normalized spacial score (nSPS) is 9.92. The van der Waals surface area contributed by atoms with Crippen molar-refractivity contribution in [3.05, 3.63) is 18.3 Å². The van der Waals surface area contributed by atoms with Crippen LogP contribution in [-0.2, 0) is 4.74 Å². The molecule has 0 saturated heterocycles. The van der Waals surface area contributed by atoms with Crippen LogP contribution in [0, 0.1) is 0 Å². The smallest absolute Gasteiger partial charge is 0.148 e. The van der Waals surface area contributed by atoms with E-state index in [-0.39, 0.29) is 0 Å². The van der Waals surface area contributed by atoms with Gasteiger partial charge in [0.2, 0.25) is 0 Å². The number of nitrogens with zero attached hydrogens (tertiary/aromatic N) is 2. The van der Waals surface area contributed by atoms with Crippen LogP contribution >= 0.6 is 11.6 Å². The van der Waals surface area contributed by atoms with Crippen LogP contribution in [0.5, 0.6) is 0 Å². The molecule has 0 radical (unpaired) electrons. The molecule has 0 aromatic carbocycles. The zero-order valence-corrected chi connectivity index (χ0v) is 8.00. The Balaban J connectivity index is 2.07. The second kappa shape index (κ2) is 6.62. The summed E-state index contributed by atoms with van der Waals surface area (Å²) in [7, 11) is 0. The number of ether oxygens (including phenoxy) is 1. The van der Waals surface area contributed by atoms with Crippen LogP contribution in [0.25, 0.3) is 0 Å². The molecule has 0 aliphatic heterocycles. The van der Waals surface area contributed by atoms with Gasteiger partial charge in [-0.05, 0) is 12.1 Å². The number of hydrogen-bond donors (Lipinski definition) is 1. The molecule has 1 aromatic rings. The Hall–Kier alpha value is -0.870. The summed E-state index contributed by atoms with van der Waals surface area (Å²) in [6, 6.07) is 3.68. The molecule has 0 unspecified atom stereocenters. The van der Waals surface area contributed by atoms with Crippen LogP contribution in [-0.4, -0.2) is 35.8 Å². The van der Waals surface area contributed by atoms with Crippen molar-refractivity contribution >= 4 is 17.4 Å². The Kier molecular flexibility index (Phi) is 5.20. The summed E-state index contributed by atoms with van der Waals surface area (Å²) < 4.78 is 5.16. The number of rotatable bonds is 6. The van der Waals surface area contributed by atoms with Crippen LogP contribution in [0.1, 0.15) is 0 Å². The predicted molar refractivity (Wildman–Crippen MR) is 52.1 cm³/mol. The zero-order chi connectivity index (χ0) is 9.36. The standard InChI is InChI=1S/C8H12ClN3O/c9-3-6-13-7-5-10-8-2-1-4-11-12-8/h1-2,4H,3,5-7H2,(H,10,12). The summed E-state index contributed by atoms with van der Waals surface area (Å²) in [5.41, 5.74) is 0. The molecular formula is C8H12ClN3O. The van der Waals surface area contributed by atoms with Crippen LogP contribution < -0.4 is 5.32 Å². The van der Waals surface area contributed by atoms with Crippen LogP contribution in [0.2, 0.25) is 0 Å². The van der Waals surface area contributed by atoms with E-state index < -0.39 is 0 Å². The van der Waals surface area contributed by atoms with Crippen LogP contribution in [0.15, 0.2) is 18.3 Å². The number of aromatic nitrogens is 2. The Bertz CT molecular complexity index is 220. The van der Waals surface area contributed by atoms with Crippen LogP contribution in [0.4, 0.5) is 5.82 Å². The molecule has 0 aliphatic carbocycles. The number of nitrogens with one attached hydrogen (secondary N) is 1. The molecule has 0 aliphatic rings. The molecule has 1 N–H and O–H groups in total. The summed E-state index contributed by atoms with van der Waals surface area (Å²) >= 11 is 5.43. The second-order valence-corrected chi connectivity index (χ2v) is 2.71. The first-order valence-corrected chi connectivity index (χ1v) is 4.62. The van der Waals surface area contributed by atoms with Gasteiger partial charge in [0.1, 0.15) is 5.82 Å². The van der Waals surface area contributed by atoms with E-state index in [9.17, 15) is 0 Å². The highest BCUT2D eigenvalue weighted by Crippen LogP contribution is 1.95. The molecule has 5 heteroatoms. The second-order valence-electron chi connectivity index (χ2n) is 2.34. The molecule has 1 heterocycles. The first-order chi connectivity index (χ1) is 6.43. The first kappa shape index (κ1) is 10.2. The molecule has 1 aromatic heterocycles. The van der Waals surface area contributed by atoms with Crippen molar-refractivity contribution in [2.75, 3.05) is 31.0 Å². The van der Waals surface area contributed by atoms with E-state index in [1.54, 1.807) is 6.20 Å². The molecule has 72 valence electrons. The highest BCUT2D eigenvalue weighted by atomic mass is 35.5. The average Bonchev–Trinajstić information content (AvgIpc) is 2.19. The summed E-state index contributed by atoms with van der Waals surface area (Å²) in [5.74, 6) is 1.29. The summed E-state index contributed by atoms with van der Waals surface area (Å²) in [6.45, 7) is 1.93. The molecular weight excluding hydrogens is 190 g/mol. The summed E-state index contributed by atoms with van der Waals surface area (Å²) in [5, 5.41) is 10.6. The van der Waals surface area contributed by atoms with E-state index in [1.807, 2.05) is 12.1 Å². The molecule has 13 heavy (non-hydrogen) atoms. The van der Waals surface area contributed by atoms with Gasteiger partial charge in [0.05, 0.1) is 13.2 Å². The van der Waals surface area contributed by atoms with E-state index in [1.165, 1.54) is 0 Å². The van der Waals surface area contributed by atoms with Crippen molar-refractivity contribution in [1.82, 2.24) is 10.2 Å². The maximum absolute atomic E-state index is 5.43. The third-order valence-corrected chi connectivity index (χ3v) is 1.50. The van der Waals surface area contributed by atoms with Gasteiger partial charge >= 0.3 is 0 Å². The van der Waals surface area contributed by atoms with E-state index in [0.717, 1.165) is 12.4 Å². The Labute approximate surface area is 82.3 Å². The molecule has 0 atom stereocenters. The first-order valence-electron chi connectivity index (χ1n) is 4.09. The minimum Gasteiger partial charge on any atom is -0.378 e. The van der Waals surface area contributed by atoms with Crippen molar-refractivity contribution in [1.29, 1.82) is 0 Å². The fourth-order valence-electron chi connectivity index (χ4n) is 0.804. The Morgan fingerprint density at radius 3 is 3.08 bits per heavy atom. The fraction of sp³-hybridized carbons (Fsp3) is 0.500. The zero-order valence-electron chi connectivity index (χ0n) is 7.24.